The molecule has 1 aliphatic rings. The molecule has 0 bridgehead atoms. The monoisotopic (exact) mass is 245 g/mol. The van der Waals surface area contributed by atoms with E-state index in [1.165, 1.54) is 4.90 Å². The molecule has 1 heterocycles. The molecule has 5 nitrogen and oxygen atoms in total. The van der Waals surface area contributed by atoms with Crippen LogP contribution in [-0.4, -0.2) is 35.2 Å². The number of carbonyl (C=O) groups is 1. The van der Waals surface area contributed by atoms with E-state index in [2.05, 4.69) is 11.4 Å². The fraction of sp³-hybridized carbons (Fsp3) is 0.385. The molecule has 1 saturated heterocycles. The van der Waals surface area contributed by atoms with Gasteiger partial charge >= 0.3 is 6.09 Å². The van der Waals surface area contributed by atoms with Crippen molar-refractivity contribution in [1.29, 1.82) is 5.26 Å². The Labute approximate surface area is 106 Å². The van der Waals surface area contributed by atoms with Gasteiger partial charge < -0.3 is 15.3 Å². The van der Waals surface area contributed by atoms with Gasteiger partial charge in [0.05, 0.1) is 11.6 Å². The van der Waals surface area contributed by atoms with Crippen molar-refractivity contribution < 1.29 is 9.90 Å². The van der Waals surface area contributed by atoms with E-state index in [0.717, 1.165) is 18.5 Å². The predicted molar refractivity (Wildman–Crippen MR) is 67.4 cm³/mol. The van der Waals surface area contributed by atoms with Crippen molar-refractivity contribution in [3.05, 3.63) is 29.8 Å². The van der Waals surface area contributed by atoms with E-state index >= 15 is 0 Å². The molecule has 0 radical (unpaired) electrons. The first-order valence-electron chi connectivity index (χ1n) is 5.93. The number of carboxylic acid groups (broad SMARTS) is 1. The molecule has 1 amide bonds. The summed E-state index contributed by atoms with van der Waals surface area (Å²) in [5.74, 6) is 0. The van der Waals surface area contributed by atoms with Gasteiger partial charge in [0.15, 0.2) is 0 Å². The van der Waals surface area contributed by atoms with Crippen molar-refractivity contribution in [1.82, 2.24) is 4.90 Å². The van der Waals surface area contributed by atoms with E-state index in [0.29, 0.717) is 18.7 Å². The summed E-state index contributed by atoms with van der Waals surface area (Å²) in [4.78, 5) is 12.3. The highest BCUT2D eigenvalue weighted by molar-refractivity contribution is 5.65. The fourth-order valence-electron chi connectivity index (χ4n) is 2.15. The van der Waals surface area contributed by atoms with E-state index in [9.17, 15) is 4.79 Å². The normalized spacial score (nSPS) is 19.1. The number of likely N-dealkylation sites (tertiary alicyclic amines) is 1. The highest BCUT2D eigenvalue weighted by Gasteiger charge is 2.22. The van der Waals surface area contributed by atoms with E-state index in [4.69, 9.17) is 10.4 Å². The lowest BCUT2D eigenvalue weighted by atomic mass is 10.1. The third-order valence-corrected chi connectivity index (χ3v) is 3.08. The Morgan fingerprint density at radius 2 is 2.17 bits per heavy atom. The lowest BCUT2D eigenvalue weighted by Crippen LogP contribution is -2.44. The Hall–Kier alpha value is -2.22. The van der Waals surface area contributed by atoms with Gasteiger partial charge in [-0.2, -0.15) is 5.26 Å². The molecule has 0 unspecified atom stereocenters. The largest absolute Gasteiger partial charge is 0.465 e. The molecule has 1 atom stereocenters. The van der Waals surface area contributed by atoms with Gasteiger partial charge in [0, 0.05) is 24.8 Å². The summed E-state index contributed by atoms with van der Waals surface area (Å²) in [5, 5.41) is 21.0. The SMILES string of the molecule is N#Cc1ccc(N[C@@H]2CCCN(C(=O)O)C2)cc1. The average molecular weight is 245 g/mol. The molecular formula is C13H15N3O2. The Morgan fingerprint density at radius 3 is 2.78 bits per heavy atom. The van der Waals surface area contributed by atoms with Crippen LogP contribution in [-0.2, 0) is 0 Å². The third-order valence-electron chi connectivity index (χ3n) is 3.08. The second-order valence-corrected chi connectivity index (χ2v) is 4.40. The van der Waals surface area contributed by atoms with Crippen LogP contribution in [0, 0.1) is 11.3 Å². The lowest BCUT2D eigenvalue weighted by Gasteiger charge is -2.31. The minimum atomic E-state index is -0.860. The Bertz CT molecular complexity index is 464. The van der Waals surface area contributed by atoms with Crippen LogP contribution in [0.5, 0.6) is 0 Å². The number of hydrogen-bond acceptors (Lipinski definition) is 3. The van der Waals surface area contributed by atoms with E-state index < -0.39 is 6.09 Å². The van der Waals surface area contributed by atoms with Crippen LogP contribution < -0.4 is 5.32 Å². The number of nitrogens with one attached hydrogen (secondary N) is 1. The second-order valence-electron chi connectivity index (χ2n) is 4.40. The Kier molecular flexibility index (Phi) is 3.68. The number of piperidine rings is 1. The third kappa shape index (κ3) is 2.92. The summed E-state index contributed by atoms with van der Waals surface area (Å²) in [6, 6.07) is 9.40. The number of anilines is 1. The van der Waals surface area contributed by atoms with Crippen molar-refractivity contribution in [2.75, 3.05) is 18.4 Å². The van der Waals surface area contributed by atoms with Crippen molar-refractivity contribution in [3.63, 3.8) is 0 Å². The molecule has 94 valence electrons. The summed E-state index contributed by atoms with van der Waals surface area (Å²) in [6.45, 7) is 1.12. The molecular weight excluding hydrogens is 230 g/mol. The minimum Gasteiger partial charge on any atom is -0.465 e. The minimum absolute atomic E-state index is 0.141. The van der Waals surface area contributed by atoms with Gasteiger partial charge in [-0.25, -0.2) is 4.79 Å². The molecule has 5 heteroatoms. The number of hydrogen-bond donors (Lipinski definition) is 2. The van der Waals surface area contributed by atoms with E-state index in [1.807, 2.05) is 12.1 Å². The molecule has 1 fully saturated rings. The summed E-state index contributed by atoms with van der Waals surface area (Å²) in [6.07, 6.45) is 0.977. The van der Waals surface area contributed by atoms with Crippen LogP contribution in [0.1, 0.15) is 18.4 Å². The van der Waals surface area contributed by atoms with Gasteiger partial charge in [-0.1, -0.05) is 0 Å². The van der Waals surface area contributed by atoms with Gasteiger partial charge in [-0.3, -0.25) is 0 Å². The van der Waals surface area contributed by atoms with Crippen LogP contribution in [0.15, 0.2) is 24.3 Å². The predicted octanol–water partition coefficient (Wildman–Crippen LogP) is 2.11. The molecule has 2 N–H and O–H groups in total. The van der Waals surface area contributed by atoms with Crippen molar-refractivity contribution in [2.45, 2.75) is 18.9 Å². The Morgan fingerprint density at radius 1 is 1.44 bits per heavy atom. The van der Waals surface area contributed by atoms with E-state index in [1.54, 1.807) is 12.1 Å². The van der Waals surface area contributed by atoms with E-state index in [-0.39, 0.29) is 6.04 Å². The van der Waals surface area contributed by atoms with Crippen molar-refractivity contribution in [2.24, 2.45) is 0 Å². The summed E-state index contributed by atoms with van der Waals surface area (Å²) in [5.41, 5.74) is 1.54. The first-order valence-corrected chi connectivity index (χ1v) is 5.93. The smallest absolute Gasteiger partial charge is 0.407 e. The van der Waals surface area contributed by atoms with Crippen LogP contribution >= 0.6 is 0 Å². The fourth-order valence-corrected chi connectivity index (χ4v) is 2.15. The molecule has 0 aliphatic carbocycles. The lowest BCUT2D eigenvalue weighted by molar-refractivity contribution is 0.133. The van der Waals surface area contributed by atoms with Gasteiger partial charge in [-0.05, 0) is 37.1 Å². The molecule has 2 rings (SSSR count). The van der Waals surface area contributed by atoms with Gasteiger partial charge in [0.2, 0.25) is 0 Å². The zero-order chi connectivity index (χ0) is 13.0. The molecule has 0 spiro atoms. The zero-order valence-electron chi connectivity index (χ0n) is 9.97. The first kappa shape index (κ1) is 12.2. The second kappa shape index (κ2) is 5.41. The highest BCUT2D eigenvalue weighted by Crippen LogP contribution is 2.16. The zero-order valence-corrected chi connectivity index (χ0v) is 9.97. The van der Waals surface area contributed by atoms with Gasteiger partial charge in [0.1, 0.15) is 0 Å². The van der Waals surface area contributed by atoms with Crippen LogP contribution in [0.3, 0.4) is 0 Å². The quantitative estimate of drug-likeness (QED) is 0.836. The molecule has 1 aromatic rings. The molecule has 0 aromatic heterocycles. The van der Waals surface area contributed by atoms with Crippen molar-refractivity contribution in [3.8, 4) is 6.07 Å². The maximum atomic E-state index is 10.9. The molecule has 1 aromatic carbocycles. The first-order chi connectivity index (χ1) is 8.69. The topological polar surface area (TPSA) is 76.4 Å². The van der Waals surface area contributed by atoms with Gasteiger partial charge in [0.25, 0.3) is 0 Å². The number of amides is 1. The standard InChI is InChI=1S/C13H15N3O2/c14-8-10-3-5-11(6-4-10)15-12-2-1-7-16(9-12)13(17)18/h3-6,12,15H,1-2,7,9H2,(H,17,18)/t12-/m1/s1. The van der Waals surface area contributed by atoms with Crippen LogP contribution in [0.2, 0.25) is 0 Å². The maximum absolute atomic E-state index is 10.9. The number of rotatable bonds is 2. The maximum Gasteiger partial charge on any atom is 0.407 e. The summed E-state index contributed by atoms with van der Waals surface area (Å²) < 4.78 is 0. The highest BCUT2D eigenvalue weighted by atomic mass is 16.4. The van der Waals surface area contributed by atoms with Gasteiger partial charge in [-0.15, -0.1) is 0 Å². The Balaban J connectivity index is 1.96. The molecule has 1 aliphatic heterocycles. The molecule has 0 saturated carbocycles. The van der Waals surface area contributed by atoms with Crippen molar-refractivity contribution >= 4 is 11.8 Å². The van der Waals surface area contributed by atoms with Crippen LogP contribution in [0.25, 0.3) is 0 Å². The molecule has 18 heavy (non-hydrogen) atoms. The summed E-state index contributed by atoms with van der Waals surface area (Å²) >= 11 is 0. The average Bonchev–Trinajstić information content (AvgIpc) is 2.40. The number of nitrogens with zero attached hydrogens (tertiary/aromatic N) is 2. The van der Waals surface area contributed by atoms with Crippen LogP contribution in [0.4, 0.5) is 10.5 Å². The number of benzene rings is 1. The number of nitriles is 1. The summed E-state index contributed by atoms with van der Waals surface area (Å²) in [7, 11) is 0.